The van der Waals surface area contributed by atoms with Gasteiger partial charge in [-0.1, -0.05) is 17.7 Å². The van der Waals surface area contributed by atoms with Crippen molar-refractivity contribution in [2.24, 2.45) is 21.8 Å². The summed E-state index contributed by atoms with van der Waals surface area (Å²) in [5, 5.41) is 0.602. The van der Waals surface area contributed by atoms with E-state index in [-0.39, 0.29) is 23.7 Å². The highest BCUT2D eigenvalue weighted by Crippen LogP contribution is 2.46. The van der Waals surface area contributed by atoms with Gasteiger partial charge in [0.1, 0.15) is 17.2 Å². The second-order valence-corrected chi connectivity index (χ2v) is 10.9. The van der Waals surface area contributed by atoms with Gasteiger partial charge in [-0.2, -0.15) is 0 Å². The van der Waals surface area contributed by atoms with Crippen LogP contribution in [0.25, 0.3) is 11.1 Å². The molecule has 1 spiro atoms. The molecule has 0 aromatic heterocycles. The number of fused-ring (bicyclic) bond motifs is 1. The minimum atomic E-state index is -0.707. The molecule has 7 rings (SSSR count). The van der Waals surface area contributed by atoms with E-state index in [1.807, 2.05) is 23.1 Å². The van der Waals surface area contributed by atoms with Gasteiger partial charge in [-0.25, -0.2) is 4.39 Å². The minimum absolute atomic E-state index is 0.0339. The van der Waals surface area contributed by atoms with Crippen molar-refractivity contribution in [1.82, 2.24) is 9.80 Å². The molecule has 6 nitrogen and oxygen atoms in total. The highest BCUT2D eigenvalue weighted by atomic mass is 35.5. The predicted molar refractivity (Wildman–Crippen MR) is 131 cm³/mol. The molecule has 0 N–H and O–H groups in total. The van der Waals surface area contributed by atoms with E-state index < -0.39 is 11.4 Å². The molecular formula is C27H24ClFN4O2. The molecule has 0 unspecified atom stereocenters. The molecule has 1 saturated heterocycles. The van der Waals surface area contributed by atoms with Gasteiger partial charge in [0.05, 0.1) is 17.1 Å². The van der Waals surface area contributed by atoms with Crippen molar-refractivity contribution < 1.29 is 14.0 Å². The van der Waals surface area contributed by atoms with Crippen LogP contribution in [-0.4, -0.2) is 58.8 Å². The SMILES string of the molecule is O=C(C1CC1)N1CC(CN2C(=O)C3(CC3)N=C2c2ccc(-c3cc(Cl)c4c(c3)CN=C4)cc2F)C1. The smallest absolute Gasteiger partial charge is 0.256 e. The van der Waals surface area contributed by atoms with Crippen molar-refractivity contribution in [2.75, 3.05) is 19.6 Å². The zero-order valence-corrected chi connectivity index (χ0v) is 19.9. The molecule has 2 aromatic rings. The van der Waals surface area contributed by atoms with Crippen molar-refractivity contribution in [3.63, 3.8) is 0 Å². The Hall–Kier alpha value is -3.06. The lowest BCUT2D eigenvalue weighted by Gasteiger charge is -2.41. The fourth-order valence-electron chi connectivity index (χ4n) is 5.42. The Kier molecular flexibility index (Phi) is 4.53. The van der Waals surface area contributed by atoms with Gasteiger partial charge in [0.15, 0.2) is 0 Å². The second kappa shape index (κ2) is 7.47. The number of carbonyl (C=O) groups excluding carboxylic acids is 2. The van der Waals surface area contributed by atoms with Crippen LogP contribution in [0.2, 0.25) is 5.02 Å². The summed E-state index contributed by atoms with van der Waals surface area (Å²) in [7, 11) is 0. The Morgan fingerprint density at radius 3 is 2.66 bits per heavy atom. The summed E-state index contributed by atoms with van der Waals surface area (Å²) >= 11 is 6.42. The number of hydrogen-bond donors (Lipinski definition) is 0. The van der Waals surface area contributed by atoms with E-state index in [9.17, 15) is 9.59 Å². The fraction of sp³-hybridized carbons (Fsp3) is 0.407. The highest BCUT2D eigenvalue weighted by molar-refractivity contribution is 6.33. The number of aliphatic imine (C=N–C) groups is 2. The van der Waals surface area contributed by atoms with Crippen LogP contribution in [0, 0.1) is 17.7 Å². The molecule has 3 fully saturated rings. The third kappa shape index (κ3) is 3.43. The van der Waals surface area contributed by atoms with Crippen molar-refractivity contribution in [1.29, 1.82) is 0 Å². The predicted octanol–water partition coefficient (Wildman–Crippen LogP) is 4.07. The molecule has 2 aliphatic carbocycles. The maximum atomic E-state index is 15.5. The normalized spacial score (nSPS) is 22.0. The minimum Gasteiger partial charge on any atom is -0.342 e. The first-order valence-electron chi connectivity index (χ1n) is 12.2. The summed E-state index contributed by atoms with van der Waals surface area (Å²) in [6.07, 6.45) is 5.16. The van der Waals surface area contributed by atoms with E-state index in [0.717, 1.165) is 29.5 Å². The monoisotopic (exact) mass is 490 g/mol. The Morgan fingerprint density at radius 1 is 1.14 bits per heavy atom. The largest absolute Gasteiger partial charge is 0.342 e. The maximum absolute atomic E-state index is 15.5. The van der Waals surface area contributed by atoms with Crippen LogP contribution >= 0.6 is 11.6 Å². The molecule has 2 aromatic carbocycles. The molecule has 35 heavy (non-hydrogen) atoms. The number of benzene rings is 2. The molecule has 0 radical (unpaired) electrons. The van der Waals surface area contributed by atoms with Crippen molar-refractivity contribution in [3.05, 3.63) is 57.9 Å². The van der Waals surface area contributed by atoms with Crippen LogP contribution in [0.5, 0.6) is 0 Å². The number of likely N-dealkylation sites (tertiary alicyclic amines) is 1. The highest BCUT2D eigenvalue weighted by Gasteiger charge is 2.58. The molecule has 5 aliphatic rings. The number of halogens is 2. The van der Waals surface area contributed by atoms with Gasteiger partial charge in [-0.05, 0) is 66.6 Å². The first kappa shape index (κ1) is 21.2. The van der Waals surface area contributed by atoms with E-state index in [0.29, 0.717) is 61.0 Å². The molecule has 3 heterocycles. The average molecular weight is 491 g/mol. The van der Waals surface area contributed by atoms with Crippen molar-refractivity contribution >= 4 is 35.5 Å². The van der Waals surface area contributed by atoms with Gasteiger partial charge < -0.3 is 4.90 Å². The number of carbonyl (C=O) groups is 2. The zero-order chi connectivity index (χ0) is 23.9. The topological polar surface area (TPSA) is 65.3 Å². The van der Waals surface area contributed by atoms with Crippen LogP contribution in [0.4, 0.5) is 4.39 Å². The van der Waals surface area contributed by atoms with Crippen molar-refractivity contribution in [3.8, 4) is 11.1 Å². The summed E-state index contributed by atoms with van der Waals surface area (Å²) in [5.41, 5.74) is 3.13. The second-order valence-electron chi connectivity index (χ2n) is 10.5. The molecule has 2 amide bonds. The van der Waals surface area contributed by atoms with Gasteiger partial charge in [-0.3, -0.25) is 24.5 Å². The zero-order valence-electron chi connectivity index (χ0n) is 19.1. The quantitative estimate of drug-likeness (QED) is 0.634. The lowest BCUT2D eigenvalue weighted by Crippen LogP contribution is -2.55. The van der Waals surface area contributed by atoms with E-state index in [1.165, 1.54) is 6.07 Å². The van der Waals surface area contributed by atoms with Crippen LogP contribution in [-0.2, 0) is 16.1 Å². The summed E-state index contributed by atoms with van der Waals surface area (Å²) in [5.74, 6) is 0.609. The molecule has 8 heteroatoms. The van der Waals surface area contributed by atoms with E-state index in [2.05, 4.69) is 4.99 Å². The summed E-state index contributed by atoms with van der Waals surface area (Å²) in [4.78, 5) is 38.0. The van der Waals surface area contributed by atoms with Gasteiger partial charge in [0.25, 0.3) is 5.91 Å². The van der Waals surface area contributed by atoms with Crippen LogP contribution in [0.15, 0.2) is 40.3 Å². The Bertz CT molecular complexity index is 1360. The van der Waals surface area contributed by atoms with Crippen LogP contribution in [0.3, 0.4) is 0 Å². The summed E-state index contributed by atoms with van der Waals surface area (Å²) in [6.45, 7) is 2.35. The fourth-order valence-corrected chi connectivity index (χ4v) is 5.71. The number of rotatable bonds is 5. The molecule has 0 bridgehead atoms. The number of nitrogens with zero attached hydrogens (tertiary/aromatic N) is 4. The van der Waals surface area contributed by atoms with Gasteiger partial charge >= 0.3 is 0 Å². The van der Waals surface area contributed by atoms with Crippen LogP contribution < -0.4 is 0 Å². The van der Waals surface area contributed by atoms with Gasteiger partial charge in [0, 0.05) is 43.2 Å². The summed E-state index contributed by atoms with van der Waals surface area (Å²) in [6, 6.07) is 8.89. The van der Waals surface area contributed by atoms with E-state index in [4.69, 9.17) is 16.6 Å². The summed E-state index contributed by atoms with van der Waals surface area (Å²) < 4.78 is 15.5. The molecule has 178 valence electrons. The maximum Gasteiger partial charge on any atom is 0.256 e. The van der Waals surface area contributed by atoms with Crippen LogP contribution in [0.1, 0.15) is 42.4 Å². The van der Waals surface area contributed by atoms with Gasteiger partial charge in [-0.15, -0.1) is 0 Å². The third-order valence-electron chi connectivity index (χ3n) is 7.82. The molecule has 3 aliphatic heterocycles. The first-order chi connectivity index (χ1) is 16.9. The Balaban J connectivity index is 1.14. The Morgan fingerprint density at radius 2 is 1.94 bits per heavy atom. The standard InChI is InChI=1S/C27H24ClFN4O2/c28-22-8-18(7-19-10-30-11-21(19)22)17-3-4-20(23(29)9-17)24-31-27(5-6-27)26(35)33(24)14-15-12-32(13-15)25(34)16-1-2-16/h3-4,7-9,11,15-16H,1-2,5-6,10,12-14H2. The Labute approximate surface area is 207 Å². The third-order valence-corrected chi connectivity index (χ3v) is 8.13. The van der Waals surface area contributed by atoms with Crippen molar-refractivity contribution in [2.45, 2.75) is 37.8 Å². The number of amidine groups is 1. The molecule has 0 atom stereocenters. The lowest BCUT2D eigenvalue weighted by atomic mass is 9.97. The first-order valence-corrected chi connectivity index (χ1v) is 12.6. The van der Waals surface area contributed by atoms with E-state index >= 15 is 4.39 Å². The van der Waals surface area contributed by atoms with Gasteiger partial charge in [0.2, 0.25) is 5.91 Å². The molecular weight excluding hydrogens is 467 g/mol. The number of amides is 2. The lowest BCUT2D eigenvalue weighted by molar-refractivity contribution is -0.139. The molecule has 2 saturated carbocycles. The van der Waals surface area contributed by atoms with E-state index in [1.54, 1.807) is 17.2 Å². The average Bonchev–Trinajstić information content (AvgIpc) is 3.73. The number of hydrogen-bond acceptors (Lipinski definition) is 4.